The lowest BCUT2D eigenvalue weighted by molar-refractivity contribution is -0.115. The monoisotopic (exact) mass is 492 g/mol. The summed E-state index contributed by atoms with van der Waals surface area (Å²) >= 11 is 1.73. The SMILES string of the molecule is COc1cccc2c([C@H](O)CN3CCC(NCc4ccc5c(c4)NC(=O)CCS5)CC3)ccnc12. The van der Waals surface area contributed by atoms with Gasteiger partial charge in [0, 0.05) is 47.8 Å². The first kappa shape index (κ1) is 24.1. The lowest BCUT2D eigenvalue weighted by Gasteiger charge is -2.34. The van der Waals surface area contributed by atoms with E-state index in [1.807, 2.05) is 24.3 Å². The summed E-state index contributed by atoms with van der Waals surface area (Å²) < 4.78 is 5.44. The highest BCUT2D eigenvalue weighted by molar-refractivity contribution is 7.99. The molecule has 1 amide bonds. The number of aromatic nitrogens is 1. The number of anilines is 1. The highest BCUT2D eigenvalue weighted by Gasteiger charge is 2.23. The van der Waals surface area contributed by atoms with E-state index in [0.29, 0.717) is 19.0 Å². The number of β-amino-alcohol motifs (C(OH)–C–C–N with tert-alkyl or cyclic N) is 1. The summed E-state index contributed by atoms with van der Waals surface area (Å²) in [4.78, 5) is 19.8. The number of pyridine rings is 1. The molecule has 3 aromatic rings. The first-order valence-corrected chi connectivity index (χ1v) is 13.2. The second-order valence-corrected chi connectivity index (χ2v) is 10.3. The van der Waals surface area contributed by atoms with Crippen molar-refractivity contribution in [2.75, 3.05) is 37.8 Å². The molecule has 2 aliphatic rings. The van der Waals surface area contributed by atoms with Crippen LogP contribution >= 0.6 is 11.8 Å². The first-order valence-electron chi connectivity index (χ1n) is 12.2. The van der Waals surface area contributed by atoms with Crippen LogP contribution in [0.4, 0.5) is 5.69 Å². The third kappa shape index (κ3) is 5.62. The number of likely N-dealkylation sites (tertiary alicyclic amines) is 1. The number of aliphatic hydroxyl groups is 1. The molecule has 1 fully saturated rings. The van der Waals surface area contributed by atoms with Crippen molar-refractivity contribution < 1.29 is 14.6 Å². The van der Waals surface area contributed by atoms with Crippen LogP contribution in [-0.2, 0) is 11.3 Å². The van der Waals surface area contributed by atoms with Gasteiger partial charge in [0.05, 0.1) is 18.9 Å². The number of ether oxygens (including phenoxy) is 1. The normalized spacial score (nSPS) is 18.1. The van der Waals surface area contributed by atoms with Gasteiger partial charge in [-0.2, -0.15) is 0 Å². The molecule has 5 rings (SSSR count). The summed E-state index contributed by atoms with van der Waals surface area (Å²) in [6.07, 6.45) is 3.80. The van der Waals surface area contributed by atoms with Crippen LogP contribution in [-0.4, -0.2) is 59.4 Å². The van der Waals surface area contributed by atoms with E-state index in [-0.39, 0.29) is 5.91 Å². The van der Waals surface area contributed by atoms with Gasteiger partial charge in [-0.05, 0) is 61.3 Å². The van der Waals surface area contributed by atoms with Crippen molar-refractivity contribution in [1.82, 2.24) is 15.2 Å². The number of rotatable bonds is 7. The van der Waals surface area contributed by atoms with E-state index in [1.54, 1.807) is 25.1 Å². The maximum absolute atomic E-state index is 11.9. The van der Waals surface area contributed by atoms with Crippen LogP contribution in [0.15, 0.2) is 53.6 Å². The number of nitrogens with one attached hydrogen (secondary N) is 2. The van der Waals surface area contributed by atoms with Gasteiger partial charge in [-0.1, -0.05) is 18.2 Å². The number of aliphatic hydroxyl groups excluding tert-OH is 1. The van der Waals surface area contributed by atoms with Gasteiger partial charge < -0.3 is 25.4 Å². The van der Waals surface area contributed by atoms with E-state index >= 15 is 0 Å². The van der Waals surface area contributed by atoms with Crippen molar-refractivity contribution in [3.05, 3.63) is 59.8 Å². The second-order valence-electron chi connectivity index (χ2n) is 9.21. The van der Waals surface area contributed by atoms with Crippen molar-refractivity contribution >= 4 is 34.3 Å². The Labute approximate surface area is 210 Å². The maximum atomic E-state index is 11.9. The van der Waals surface area contributed by atoms with Gasteiger partial charge in [0.2, 0.25) is 5.91 Å². The minimum atomic E-state index is -0.579. The fourth-order valence-electron chi connectivity index (χ4n) is 4.93. The van der Waals surface area contributed by atoms with Gasteiger partial charge in [0.15, 0.2) is 0 Å². The van der Waals surface area contributed by atoms with Crippen LogP contribution in [0.1, 0.15) is 36.5 Å². The molecule has 1 atom stereocenters. The van der Waals surface area contributed by atoms with Crippen molar-refractivity contribution in [3.63, 3.8) is 0 Å². The number of hydrogen-bond acceptors (Lipinski definition) is 7. The zero-order valence-corrected chi connectivity index (χ0v) is 20.8. The summed E-state index contributed by atoms with van der Waals surface area (Å²) in [5.74, 6) is 1.64. The molecule has 7 nitrogen and oxygen atoms in total. The summed E-state index contributed by atoms with van der Waals surface area (Å²) in [7, 11) is 1.64. The smallest absolute Gasteiger partial charge is 0.225 e. The Morgan fingerprint density at radius 1 is 1.26 bits per heavy atom. The Morgan fingerprint density at radius 2 is 2.11 bits per heavy atom. The molecule has 2 aromatic carbocycles. The molecule has 8 heteroatoms. The van der Waals surface area contributed by atoms with E-state index in [4.69, 9.17) is 4.74 Å². The second kappa shape index (κ2) is 11.0. The van der Waals surface area contributed by atoms with E-state index in [1.165, 1.54) is 5.56 Å². The Bertz CT molecular complexity index is 1200. The molecule has 3 heterocycles. The average Bonchev–Trinajstić information content (AvgIpc) is 3.07. The number of fused-ring (bicyclic) bond motifs is 2. The van der Waals surface area contributed by atoms with Crippen LogP contribution in [0.3, 0.4) is 0 Å². The minimum Gasteiger partial charge on any atom is -0.494 e. The number of thioether (sulfide) groups is 1. The van der Waals surface area contributed by atoms with Crippen molar-refractivity contribution in [2.45, 2.75) is 42.8 Å². The quantitative estimate of drug-likeness (QED) is 0.460. The highest BCUT2D eigenvalue weighted by atomic mass is 32.2. The molecule has 0 bridgehead atoms. The van der Waals surface area contributed by atoms with Crippen molar-refractivity contribution in [2.24, 2.45) is 0 Å². The summed E-state index contributed by atoms with van der Waals surface area (Å²) in [5.41, 5.74) is 3.79. The highest BCUT2D eigenvalue weighted by Crippen LogP contribution is 2.32. The van der Waals surface area contributed by atoms with Crippen LogP contribution in [0.25, 0.3) is 10.9 Å². The molecule has 3 N–H and O–H groups in total. The van der Waals surface area contributed by atoms with E-state index in [0.717, 1.165) is 71.0 Å². The van der Waals surface area contributed by atoms with Gasteiger partial charge in [-0.15, -0.1) is 11.8 Å². The summed E-state index contributed by atoms with van der Waals surface area (Å²) in [6.45, 7) is 3.27. The molecular weight excluding hydrogens is 460 g/mol. The number of carbonyl (C=O) groups is 1. The summed E-state index contributed by atoms with van der Waals surface area (Å²) in [6, 6.07) is 14.5. The van der Waals surface area contributed by atoms with Crippen molar-refractivity contribution in [3.8, 4) is 5.75 Å². The Kier molecular flexibility index (Phi) is 7.53. The van der Waals surface area contributed by atoms with Gasteiger partial charge in [0.1, 0.15) is 11.3 Å². The lowest BCUT2D eigenvalue weighted by atomic mass is 10.0. The molecule has 1 aromatic heterocycles. The van der Waals surface area contributed by atoms with Gasteiger partial charge in [0.25, 0.3) is 0 Å². The van der Waals surface area contributed by atoms with Crippen LogP contribution < -0.4 is 15.4 Å². The minimum absolute atomic E-state index is 0.0924. The number of hydrogen-bond donors (Lipinski definition) is 3. The fraction of sp³-hybridized carbons (Fsp3) is 0.407. The first-order chi connectivity index (χ1) is 17.1. The standard InChI is InChI=1S/C27H32N4O3S/c1-34-24-4-2-3-21-20(7-11-28-27(21)24)23(32)17-31-12-8-19(9-13-31)29-16-18-5-6-25-22(15-18)30-26(33)10-14-35-25/h2-7,11,15,19,23,29,32H,8-10,12-14,16-17H2,1H3,(H,30,33)/t23-/m1/s1. The third-order valence-electron chi connectivity index (χ3n) is 6.86. The number of carbonyl (C=O) groups excluding carboxylic acids is 1. The molecule has 0 saturated carbocycles. The Morgan fingerprint density at radius 3 is 2.94 bits per heavy atom. The van der Waals surface area contributed by atoms with Crippen LogP contribution in [0.5, 0.6) is 5.75 Å². The topological polar surface area (TPSA) is 86.7 Å². The fourth-order valence-corrected chi connectivity index (χ4v) is 5.86. The number of methoxy groups -OCH3 is 1. The third-order valence-corrected chi connectivity index (χ3v) is 7.94. The number of nitrogens with zero attached hydrogens (tertiary/aromatic N) is 2. The predicted molar refractivity (Wildman–Crippen MR) is 140 cm³/mol. The largest absolute Gasteiger partial charge is 0.494 e. The molecule has 184 valence electrons. The molecule has 35 heavy (non-hydrogen) atoms. The predicted octanol–water partition coefficient (Wildman–Crippen LogP) is 3.97. The number of para-hydroxylation sites is 1. The molecular formula is C27H32N4O3S. The number of piperidine rings is 1. The van der Waals surface area contributed by atoms with E-state index in [2.05, 4.69) is 38.7 Å². The average molecular weight is 493 g/mol. The zero-order chi connectivity index (χ0) is 24.2. The molecule has 0 aliphatic carbocycles. The van der Waals surface area contributed by atoms with Crippen LogP contribution in [0, 0.1) is 0 Å². The van der Waals surface area contributed by atoms with E-state index in [9.17, 15) is 9.90 Å². The lowest BCUT2D eigenvalue weighted by Crippen LogP contribution is -2.43. The zero-order valence-electron chi connectivity index (χ0n) is 20.0. The molecule has 0 unspecified atom stereocenters. The maximum Gasteiger partial charge on any atom is 0.225 e. The number of amides is 1. The molecule has 0 radical (unpaired) electrons. The molecule has 0 spiro atoms. The number of benzene rings is 2. The molecule has 1 saturated heterocycles. The summed E-state index contributed by atoms with van der Waals surface area (Å²) in [5, 5.41) is 18.7. The van der Waals surface area contributed by atoms with Gasteiger partial charge in [-0.25, -0.2) is 0 Å². The van der Waals surface area contributed by atoms with Gasteiger partial charge in [-0.3, -0.25) is 9.78 Å². The van der Waals surface area contributed by atoms with Gasteiger partial charge >= 0.3 is 0 Å². The van der Waals surface area contributed by atoms with Crippen molar-refractivity contribution in [1.29, 1.82) is 0 Å². The molecule has 2 aliphatic heterocycles. The van der Waals surface area contributed by atoms with Crippen LogP contribution in [0.2, 0.25) is 0 Å². The van der Waals surface area contributed by atoms with E-state index < -0.39 is 6.10 Å². The Hall–Kier alpha value is -2.65. The Balaban J connectivity index is 1.14.